The molecule has 0 aliphatic rings. The van der Waals surface area contributed by atoms with Crippen LogP contribution in [0.3, 0.4) is 0 Å². The molecule has 0 saturated heterocycles. The van der Waals surface area contributed by atoms with Crippen molar-refractivity contribution in [1.82, 2.24) is 5.32 Å². The Balaban J connectivity index is 1.85. The Labute approximate surface area is 128 Å². The Kier molecular flexibility index (Phi) is 5.51. The molecule has 2 N–H and O–H groups in total. The minimum atomic E-state index is -0.787. The van der Waals surface area contributed by atoms with E-state index in [2.05, 4.69) is 5.32 Å². The van der Waals surface area contributed by atoms with Gasteiger partial charge in [0, 0.05) is 18.5 Å². The molecule has 1 atom stereocenters. The van der Waals surface area contributed by atoms with Gasteiger partial charge in [-0.3, -0.25) is 4.79 Å². The van der Waals surface area contributed by atoms with E-state index in [-0.39, 0.29) is 18.9 Å². The molecule has 0 saturated carbocycles. The van der Waals surface area contributed by atoms with Crippen LogP contribution in [0.5, 0.6) is 0 Å². The fourth-order valence-electron chi connectivity index (χ4n) is 1.92. The van der Waals surface area contributed by atoms with Crippen LogP contribution < -0.4 is 5.32 Å². The van der Waals surface area contributed by atoms with Crippen molar-refractivity contribution in [3.05, 3.63) is 35.8 Å². The maximum Gasteiger partial charge on any atom is 0.287 e. The number of aliphatic hydroxyl groups is 1. The first-order valence-electron chi connectivity index (χ1n) is 7.19. The van der Waals surface area contributed by atoms with E-state index >= 15 is 0 Å². The van der Waals surface area contributed by atoms with Crippen LogP contribution in [0, 0.1) is 11.7 Å². The zero-order chi connectivity index (χ0) is 16.1. The number of ether oxygens (including phenoxy) is 1. The lowest BCUT2D eigenvalue weighted by Crippen LogP contribution is -2.34. The van der Waals surface area contributed by atoms with E-state index in [1.54, 1.807) is 0 Å². The Morgan fingerprint density at radius 3 is 2.86 bits per heavy atom. The normalized spacial score (nSPS) is 12.8. The van der Waals surface area contributed by atoms with Crippen LogP contribution in [-0.2, 0) is 4.74 Å². The second-order valence-electron chi connectivity index (χ2n) is 5.59. The highest BCUT2D eigenvalue weighted by molar-refractivity contribution is 5.96. The molecule has 1 heterocycles. The van der Waals surface area contributed by atoms with Crippen LogP contribution >= 0.6 is 0 Å². The average molecular weight is 309 g/mol. The smallest absolute Gasteiger partial charge is 0.287 e. The van der Waals surface area contributed by atoms with Gasteiger partial charge in [-0.2, -0.15) is 0 Å². The molecule has 22 heavy (non-hydrogen) atoms. The summed E-state index contributed by atoms with van der Waals surface area (Å²) in [6, 6.07) is 5.50. The lowest BCUT2D eigenvalue weighted by molar-refractivity contribution is 0.0257. The molecule has 5 nitrogen and oxygen atoms in total. The number of nitrogens with one attached hydrogen (secondary N) is 1. The van der Waals surface area contributed by atoms with Crippen molar-refractivity contribution in [2.45, 2.75) is 20.0 Å². The van der Waals surface area contributed by atoms with Crippen LogP contribution in [0.15, 0.2) is 28.7 Å². The van der Waals surface area contributed by atoms with E-state index in [1.165, 1.54) is 24.3 Å². The van der Waals surface area contributed by atoms with Crippen molar-refractivity contribution in [2.75, 3.05) is 19.8 Å². The maximum atomic E-state index is 13.1. The summed E-state index contributed by atoms with van der Waals surface area (Å²) in [5.74, 6) is -0.383. The Morgan fingerprint density at radius 1 is 1.36 bits per heavy atom. The molecule has 0 radical (unpaired) electrons. The number of rotatable bonds is 7. The number of amides is 1. The molecule has 1 aromatic heterocycles. The second kappa shape index (κ2) is 7.38. The van der Waals surface area contributed by atoms with Crippen molar-refractivity contribution >= 4 is 16.9 Å². The first-order chi connectivity index (χ1) is 10.5. The quantitative estimate of drug-likeness (QED) is 0.823. The van der Waals surface area contributed by atoms with E-state index in [1.807, 2.05) is 13.8 Å². The van der Waals surface area contributed by atoms with Gasteiger partial charge in [0.2, 0.25) is 0 Å². The second-order valence-corrected chi connectivity index (χ2v) is 5.59. The summed E-state index contributed by atoms with van der Waals surface area (Å²) in [4.78, 5) is 11.9. The molecule has 1 amide bonds. The van der Waals surface area contributed by atoms with Crippen LogP contribution in [0.25, 0.3) is 11.0 Å². The third-order valence-electron chi connectivity index (χ3n) is 2.96. The third kappa shape index (κ3) is 4.54. The number of hydrogen-bond acceptors (Lipinski definition) is 4. The summed E-state index contributed by atoms with van der Waals surface area (Å²) in [5.41, 5.74) is 0.437. The lowest BCUT2D eigenvalue weighted by Gasteiger charge is -2.12. The molecule has 0 spiro atoms. The van der Waals surface area contributed by atoms with Gasteiger partial charge in [-0.15, -0.1) is 0 Å². The summed E-state index contributed by atoms with van der Waals surface area (Å²) >= 11 is 0. The zero-order valence-corrected chi connectivity index (χ0v) is 12.6. The fraction of sp³-hybridized carbons (Fsp3) is 0.438. The van der Waals surface area contributed by atoms with Gasteiger partial charge in [-0.1, -0.05) is 13.8 Å². The largest absolute Gasteiger partial charge is 0.451 e. The monoisotopic (exact) mass is 309 g/mol. The molecule has 2 aromatic rings. The van der Waals surface area contributed by atoms with Gasteiger partial charge in [0.05, 0.1) is 12.7 Å². The summed E-state index contributed by atoms with van der Waals surface area (Å²) in [6.07, 6.45) is -0.787. The van der Waals surface area contributed by atoms with Gasteiger partial charge < -0.3 is 19.6 Å². The number of carbonyl (C=O) groups is 1. The highest BCUT2D eigenvalue weighted by Crippen LogP contribution is 2.20. The van der Waals surface area contributed by atoms with Gasteiger partial charge in [-0.25, -0.2) is 4.39 Å². The van der Waals surface area contributed by atoms with Gasteiger partial charge in [0.1, 0.15) is 11.4 Å². The molecule has 0 aliphatic carbocycles. The number of halogens is 1. The van der Waals surface area contributed by atoms with Gasteiger partial charge in [-0.05, 0) is 30.2 Å². The van der Waals surface area contributed by atoms with Crippen LogP contribution in [0.1, 0.15) is 24.4 Å². The lowest BCUT2D eigenvalue weighted by atomic mass is 10.2. The van der Waals surface area contributed by atoms with Crippen molar-refractivity contribution in [3.8, 4) is 0 Å². The summed E-state index contributed by atoms with van der Waals surface area (Å²) in [5, 5.41) is 12.8. The van der Waals surface area contributed by atoms with Gasteiger partial charge in [0.15, 0.2) is 5.76 Å². The molecule has 0 aliphatic heterocycles. The molecular weight excluding hydrogens is 289 g/mol. The maximum absolute atomic E-state index is 13.1. The number of hydrogen-bond donors (Lipinski definition) is 2. The SMILES string of the molecule is CC(C)COCC(O)CNC(=O)c1cc2cc(F)ccc2o1. The third-order valence-corrected chi connectivity index (χ3v) is 2.96. The molecule has 120 valence electrons. The molecule has 1 aromatic carbocycles. The average Bonchev–Trinajstić information content (AvgIpc) is 2.87. The number of benzene rings is 1. The summed E-state index contributed by atoms with van der Waals surface area (Å²) in [6.45, 7) is 4.80. The van der Waals surface area contributed by atoms with E-state index in [0.717, 1.165) is 0 Å². The van der Waals surface area contributed by atoms with E-state index < -0.39 is 17.8 Å². The molecule has 2 rings (SSSR count). The van der Waals surface area contributed by atoms with Gasteiger partial charge >= 0.3 is 0 Å². The predicted octanol–water partition coefficient (Wildman–Crippen LogP) is 2.34. The van der Waals surface area contributed by atoms with E-state index in [4.69, 9.17) is 9.15 Å². The van der Waals surface area contributed by atoms with E-state index in [9.17, 15) is 14.3 Å². The number of aliphatic hydroxyl groups excluding tert-OH is 1. The first-order valence-corrected chi connectivity index (χ1v) is 7.19. The predicted molar refractivity (Wildman–Crippen MR) is 80.2 cm³/mol. The van der Waals surface area contributed by atoms with Crippen molar-refractivity contribution < 1.29 is 23.4 Å². The fourth-order valence-corrected chi connectivity index (χ4v) is 1.92. The zero-order valence-electron chi connectivity index (χ0n) is 12.6. The molecule has 0 bridgehead atoms. The van der Waals surface area contributed by atoms with Crippen LogP contribution in [0.2, 0.25) is 0 Å². The van der Waals surface area contributed by atoms with Crippen molar-refractivity contribution in [3.63, 3.8) is 0 Å². The molecule has 6 heteroatoms. The summed E-state index contributed by atoms with van der Waals surface area (Å²) < 4.78 is 23.7. The van der Waals surface area contributed by atoms with E-state index in [0.29, 0.717) is 23.5 Å². The van der Waals surface area contributed by atoms with Gasteiger partial charge in [0.25, 0.3) is 5.91 Å². The summed E-state index contributed by atoms with van der Waals surface area (Å²) in [7, 11) is 0. The number of carbonyl (C=O) groups excluding carboxylic acids is 1. The topological polar surface area (TPSA) is 71.7 Å². The first kappa shape index (κ1) is 16.5. The van der Waals surface area contributed by atoms with Crippen molar-refractivity contribution in [1.29, 1.82) is 0 Å². The standard InChI is InChI=1S/C16H20FNO4/c1-10(2)8-21-9-13(19)7-18-16(20)15-6-11-5-12(17)3-4-14(11)22-15/h3-6,10,13,19H,7-9H2,1-2H3,(H,18,20). The number of furan rings is 1. The Morgan fingerprint density at radius 2 is 2.14 bits per heavy atom. The van der Waals surface area contributed by atoms with Crippen LogP contribution in [0.4, 0.5) is 4.39 Å². The minimum Gasteiger partial charge on any atom is -0.451 e. The highest BCUT2D eigenvalue weighted by Gasteiger charge is 2.14. The highest BCUT2D eigenvalue weighted by atomic mass is 19.1. The minimum absolute atomic E-state index is 0.0579. The van der Waals surface area contributed by atoms with Crippen LogP contribution in [-0.4, -0.2) is 36.9 Å². The Hall–Kier alpha value is -1.92. The molecule has 0 fully saturated rings. The number of fused-ring (bicyclic) bond motifs is 1. The molecular formula is C16H20FNO4. The van der Waals surface area contributed by atoms with Crippen molar-refractivity contribution in [2.24, 2.45) is 5.92 Å². The Bertz CT molecular complexity index is 638. The molecule has 1 unspecified atom stereocenters.